The van der Waals surface area contributed by atoms with Gasteiger partial charge in [-0.25, -0.2) is 4.39 Å². The minimum atomic E-state index is -0.188. The van der Waals surface area contributed by atoms with Crippen molar-refractivity contribution in [3.63, 3.8) is 0 Å². The van der Waals surface area contributed by atoms with Crippen LogP contribution in [0.25, 0.3) is 0 Å². The summed E-state index contributed by atoms with van der Waals surface area (Å²) >= 11 is 0. The molecule has 16 heavy (non-hydrogen) atoms. The molecule has 0 bridgehead atoms. The van der Waals surface area contributed by atoms with Crippen molar-refractivity contribution in [2.24, 2.45) is 17.6 Å². The van der Waals surface area contributed by atoms with Crippen LogP contribution in [0.4, 0.5) is 10.1 Å². The van der Waals surface area contributed by atoms with E-state index in [-0.39, 0.29) is 12.4 Å². The van der Waals surface area contributed by atoms with E-state index in [0.29, 0.717) is 17.4 Å². The molecule has 2 nitrogen and oxygen atoms in total. The van der Waals surface area contributed by atoms with E-state index < -0.39 is 0 Å². The van der Waals surface area contributed by atoms with Crippen LogP contribution in [0.1, 0.15) is 19.4 Å². The molecule has 2 atom stereocenters. The van der Waals surface area contributed by atoms with Gasteiger partial charge >= 0.3 is 0 Å². The van der Waals surface area contributed by atoms with E-state index >= 15 is 0 Å². The molecular weight excluding hydrogens is 203 g/mol. The van der Waals surface area contributed by atoms with Gasteiger partial charge in [0.05, 0.1) is 0 Å². The fourth-order valence-corrected chi connectivity index (χ4v) is 2.24. The third kappa shape index (κ3) is 2.05. The number of halogens is 1. The Morgan fingerprint density at radius 1 is 1.31 bits per heavy atom. The van der Waals surface area contributed by atoms with Crippen LogP contribution >= 0.6 is 0 Å². The molecule has 0 radical (unpaired) electrons. The zero-order valence-electron chi connectivity index (χ0n) is 9.91. The fourth-order valence-electron chi connectivity index (χ4n) is 2.24. The van der Waals surface area contributed by atoms with Gasteiger partial charge in [0.15, 0.2) is 0 Å². The summed E-state index contributed by atoms with van der Waals surface area (Å²) < 4.78 is 13.6. The van der Waals surface area contributed by atoms with Crippen molar-refractivity contribution < 1.29 is 4.39 Å². The molecule has 88 valence electrons. The van der Waals surface area contributed by atoms with Gasteiger partial charge in [0, 0.05) is 30.9 Å². The Morgan fingerprint density at radius 3 is 2.44 bits per heavy atom. The van der Waals surface area contributed by atoms with Crippen LogP contribution in [0, 0.1) is 17.7 Å². The topological polar surface area (TPSA) is 29.3 Å². The molecule has 1 aliphatic rings. The lowest BCUT2D eigenvalue weighted by molar-refractivity contribution is 0.494. The lowest BCUT2D eigenvalue weighted by Gasteiger charge is -2.19. The average Bonchev–Trinajstić information content (AvgIpc) is 2.59. The molecule has 1 aromatic rings. The SMILES string of the molecule is CC1CN(c2ccc(CN)c(F)c2)CC1C. The third-order valence-corrected chi connectivity index (χ3v) is 3.61. The minimum absolute atomic E-state index is 0.188. The number of benzene rings is 1. The van der Waals surface area contributed by atoms with Crippen LogP contribution < -0.4 is 10.6 Å². The average molecular weight is 222 g/mol. The Labute approximate surface area is 96.2 Å². The van der Waals surface area contributed by atoms with E-state index in [1.165, 1.54) is 0 Å². The highest BCUT2D eigenvalue weighted by Crippen LogP contribution is 2.28. The maximum absolute atomic E-state index is 13.6. The normalized spacial score (nSPS) is 25.1. The molecule has 0 aromatic heterocycles. The van der Waals surface area contributed by atoms with Gasteiger partial charge in [-0.3, -0.25) is 0 Å². The van der Waals surface area contributed by atoms with Crippen molar-refractivity contribution in [1.82, 2.24) is 0 Å². The molecule has 1 fully saturated rings. The van der Waals surface area contributed by atoms with Gasteiger partial charge in [-0.1, -0.05) is 19.9 Å². The number of nitrogens with two attached hydrogens (primary N) is 1. The maximum Gasteiger partial charge on any atom is 0.129 e. The molecule has 0 aliphatic carbocycles. The molecule has 1 saturated heterocycles. The van der Waals surface area contributed by atoms with Gasteiger partial charge in [-0.05, 0) is 24.0 Å². The Hall–Kier alpha value is -1.09. The first-order valence-corrected chi connectivity index (χ1v) is 5.85. The summed E-state index contributed by atoms with van der Waals surface area (Å²) in [6.07, 6.45) is 0. The van der Waals surface area contributed by atoms with Gasteiger partial charge < -0.3 is 10.6 Å². The lowest BCUT2D eigenvalue weighted by atomic mass is 10.0. The standard InChI is InChI=1S/C13H19FN2/c1-9-7-16(8-10(9)2)12-4-3-11(6-15)13(14)5-12/h3-5,9-10H,6-8,15H2,1-2H3. The van der Waals surface area contributed by atoms with E-state index in [1.807, 2.05) is 6.07 Å². The van der Waals surface area contributed by atoms with Crippen LogP contribution in [-0.2, 0) is 6.54 Å². The Bertz CT molecular complexity index is 368. The Balaban J connectivity index is 2.19. The van der Waals surface area contributed by atoms with Crippen LogP contribution in [0.2, 0.25) is 0 Å². The Morgan fingerprint density at radius 2 is 1.94 bits per heavy atom. The molecule has 1 aliphatic heterocycles. The van der Waals surface area contributed by atoms with Gasteiger partial charge in [-0.15, -0.1) is 0 Å². The van der Waals surface area contributed by atoms with E-state index in [4.69, 9.17) is 5.73 Å². The zero-order chi connectivity index (χ0) is 11.7. The van der Waals surface area contributed by atoms with Crippen molar-refractivity contribution in [2.45, 2.75) is 20.4 Å². The second-order valence-electron chi connectivity index (χ2n) is 4.84. The van der Waals surface area contributed by atoms with Crippen LogP contribution in [0.5, 0.6) is 0 Å². The molecule has 2 unspecified atom stereocenters. The van der Waals surface area contributed by atoms with E-state index in [0.717, 1.165) is 18.8 Å². The van der Waals surface area contributed by atoms with Crippen molar-refractivity contribution in [1.29, 1.82) is 0 Å². The Kier molecular flexibility index (Phi) is 3.15. The van der Waals surface area contributed by atoms with Crippen molar-refractivity contribution in [3.05, 3.63) is 29.6 Å². The highest BCUT2D eigenvalue weighted by Gasteiger charge is 2.26. The van der Waals surface area contributed by atoms with Gasteiger partial charge in [0.2, 0.25) is 0 Å². The van der Waals surface area contributed by atoms with Gasteiger partial charge in [-0.2, -0.15) is 0 Å². The molecule has 2 N–H and O–H groups in total. The highest BCUT2D eigenvalue weighted by molar-refractivity contribution is 5.49. The summed E-state index contributed by atoms with van der Waals surface area (Å²) in [5.41, 5.74) is 7.01. The molecule has 1 aromatic carbocycles. The fraction of sp³-hybridized carbons (Fsp3) is 0.538. The summed E-state index contributed by atoms with van der Waals surface area (Å²) in [6.45, 7) is 6.79. The van der Waals surface area contributed by atoms with Crippen LogP contribution in [-0.4, -0.2) is 13.1 Å². The maximum atomic E-state index is 13.6. The first kappa shape index (κ1) is 11.4. The van der Waals surface area contributed by atoms with Crippen LogP contribution in [0.3, 0.4) is 0 Å². The van der Waals surface area contributed by atoms with Gasteiger partial charge in [0.25, 0.3) is 0 Å². The number of nitrogens with zero attached hydrogens (tertiary/aromatic N) is 1. The number of anilines is 1. The number of rotatable bonds is 2. The van der Waals surface area contributed by atoms with Crippen molar-refractivity contribution >= 4 is 5.69 Å². The summed E-state index contributed by atoms with van der Waals surface area (Å²) in [4.78, 5) is 2.25. The summed E-state index contributed by atoms with van der Waals surface area (Å²) in [5.74, 6) is 1.17. The first-order valence-electron chi connectivity index (χ1n) is 5.85. The van der Waals surface area contributed by atoms with E-state index in [1.54, 1.807) is 12.1 Å². The molecule has 3 heteroatoms. The summed E-state index contributed by atoms with van der Waals surface area (Å²) in [7, 11) is 0. The predicted molar refractivity (Wildman–Crippen MR) is 64.8 cm³/mol. The van der Waals surface area contributed by atoms with Gasteiger partial charge in [0.1, 0.15) is 5.82 Å². The number of hydrogen-bond acceptors (Lipinski definition) is 2. The van der Waals surface area contributed by atoms with Crippen LogP contribution in [0.15, 0.2) is 18.2 Å². The molecule has 0 spiro atoms. The molecule has 0 amide bonds. The summed E-state index contributed by atoms with van der Waals surface area (Å²) in [6, 6.07) is 5.36. The first-order chi connectivity index (χ1) is 7.61. The molecule has 2 rings (SSSR count). The predicted octanol–water partition coefficient (Wildman–Crippen LogP) is 2.38. The zero-order valence-corrected chi connectivity index (χ0v) is 9.91. The largest absolute Gasteiger partial charge is 0.371 e. The quantitative estimate of drug-likeness (QED) is 0.832. The molecule has 0 saturated carbocycles. The summed E-state index contributed by atoms with van der Waals surface area (Å²) in [5, 5.41) is 0. The second kappa shape index (κ2) is 4.42. The minimum Gasteiger partial charge on any atom is -0.371 e. The van der Waals surface area contributed by atoms with E-state index in [9.17, 15) is 4.39 Å². The third-order valence-electron chi connectivity index (χ3n) is 3.61. The van der Waals surface area contributed by atoms with E-state index in [2.05, 4.69) is 18.7 Å². The van der Waals surface area contributed by atoms with Crippen molar-refractivity contribution in [3.8, 4) is 0 Å². The van der Waals surface area contributed by atoms with Crippen molar-refractivity contribution in [2.75, 3.05) is 18.0 Å². The molecule has 1 heterocycles. The monoisotopic (exact) mass is 222 g/mol. The lowest BCUT2D eigenvalue weighted by Crippen LogP contribution is -2.19. The second-order valence-corrected chi connectivity index (χ2v) is 4.84. The smallest absolute Gasteiger partial charge is 0.129 e. The highest BCUT2D eigenvalue weighted by atomic mass is 19.1. The number of hydrogen-bond donors (Lipinski definition) is 1. The molecular formula is C13H19FN2.